The molecule has 7 rings (SSSR count). The van der Waals surface area contributed by atoms with Gasteiger partial charge in [0.25, 0.3) is 0 Å². The van der Waals surface area contributed by atoms with Gasteiger partial charge in [0.1, 0.15) is 7.85 Å². The number of hydrogen-bond acceptors (Lipinski definition) is 1. The van der Waals surface area contributed by atoms with Gasteiger partial charge in [-0.25, -0.2) is 0 Å². The molecule has 0 heterocycles. The first-order valence-corrected chi connectivity index (χ1v) is 14.5. The number of rotatable bonds is 6. The predicted octanol–water partition coefficient (Wildman–Crippen LogP) is 9.57. The number of hydrogen-bond donors (Lipinski definition) is 0. The van der Waals surface area contributed by atoms with Crippen molar-refractivity contribution >= 4 is 41.1 Å². The van der Waals surface area contributed by atoms with Gasteiger partial charge in [0.2, 0.25) is 0 Å². The SMILES string of the molecule is Bc1cccc2c(N(c3ccc(-c4ccccc4)cc3)c3ccc(-c4ccccc4-c4ccccc4)cc3)cccc12. The Hall–Kier alpha value is -5.34. The molecule has 7 aromatic rings. The van der Waals surface area contributed by atoms with E-state index in [2.05, 4.69) is 183 Å². The van der Waals surface area contributed by atoms with E-state index in [1.165, 1.54) is 55.3 Å². The maximum atomic E-state index is 2.38. The predicted molar refractivity (Wildman–Crippen MR) is 183 cm³/mol. The standard InChI is InChI=1S/C40H30BN/c41-39-19-9-18-38-37(39)17-10-20-40(38)42(33-25-21-30(22-26-33)29-11-3-1-4-12-29)34-27-23-32(24-28-34)36-16-8-7-15-35(36)31-13-5-2-6-14-31/h1-28H,41H2. The number of anilines is 3. The van der Waals surface area contributed by atoms with E-state index in [1.807, 2.05) is 0 Å². The van der Waals surface area contributed by atoms with Crippen LogP contribution in [0.2, 0.25) is 0 Å². The quantitative estimate of drug-likeness (QED) is 0.192. The summed E-state index contributed by atoms with van der Waals surface area (Å²) < 4.78 is 0. The summed E-state index contributed by atoms with van der Waals surface area (Å²) in [5.74, 6) is 0. The first kappa shape index (κ1) is 25.6. The second-order valence-electron chi connectivity index (χ2n) is 10.7. The highest BCUT2D eigenvalue weighted by Gasteiger charge is 2.17. The van der Waals surface area contributed by atoms with Crippen molar-refractivity contribution in [3.05, 3.63) is 170 Å². The van der Waals surface area contributed by atoms with Crippen molar-refractivity contribution in [2.24, 2.45) is 0 Å². The van der Waals surface area contributed by atoms with Crippen molar-refractivity contribution in [3.63, 3.8) is 0 Å². The van der Waals surface area contributed by atoms with Crippen LogP contribution in [-0.2, 0) is 0 Å². The molecular weight excluding hydrogens is 505 g/mol. The third kappa shape index (κ3) is 4.89. The van der Waals surface area contributed by atoms with Gasteiger partial charge >= 0.3 is 0 Å². The molecule has 0 aliphatic rings. The van der Waals surface area contributed by atoms with Crippen LogP contribution in [-0.4, -0.2) is 7.85 Å². The molecule has 198 valence electrons. The Bertz CT molecular complexity index is 1960. The van der Waals surface area contributed by atoms with Crippen molar-refractivity contribution in [2.75, 3.05) is 4.90 Å². The second kappa shape index (κ2) is 11.3. The average molecular weight is 535 g/mol. The molecule has 0 unspecified atom stereocenters. The van der Waals surface area contributed by atoms with Crippen molar-refractivity contribution in [2.45, 2.75) is 0 Å². The molecule has 2 heteroatoms. The van der Waals surface area contributed by atoms with E-state index in [0.717, 1.165) is 11.4 Å². The van der Waals surface area contributed by atoms with Gasteiger partial charge < -0.3 is 4.90 Å². The summed E-state index contributed by atoms with van der Waals surface area (Å²) in [6, 6.07) is 60.9. The molecule has 0 saturated carbocycles. The minimum absolute atomic E-state index is 1.12. The molecule has 0 spiro atoms. The van der Waals surface area contributed by atoms with Crippen LogP contribution in [0.15, 0.2) is 170 Å². The number of nitrogens with zero attached hydrogens (tertiary/aromatic N) is 1. The zero-order chi connectivity index (χ0) is 28.3. The Balaban J connectivity index is 1.34. The Morgan fingerprint density at radius 1 is 0.333 bits per heavy atom. The van der Waals surface area contributed by atoms with Gasteiger partial charge in [0.15, 0.2) is 0 Å². The van der Waals surface area contributed by atoms with E-state index >= 15 is 0 Å². The Morgan fingerprint density at radius 3 is 1.40 bits per heavy atom. The van der Waals surface area contributed by atoms with Crippen LogP contribution in [0.25, 0.3) is 44.2 Å². The van der Waals surface area contributed by atoms with Crippen molar-refractivity contribution < 1.29 is 0 Å². The molecule has 0 N–H and O–H groups in total. The lowest BCUT2D eigenvalue weighted by atomic mass is 9.89. The van der Waals surface area contributed by atoms with Crippen LogP contribution >= 0.6 is 0 Å². The van der Waals surface area contributed by atoms with Gasteiger partial charge in [-0.05, 0) is 69.1 Å². The summed E-state index contributed by atoms with van der Waals surface area (Å²) in [5, 5.41) is 2.51. The van der Waals surface area contributed by atoms with E-state index < -0.39 is 0 Å². The van der Waals surface area contributed by atoms with Crippen LogP contribution in [0.3, 0.4) is 0 Å². The lowest BCUT2D eigenvalue weighted by Crippen LogP contribution is -2.12. The van der Waals surface area contributed by atoms with E-state index in [4.69, 9.17) is 0 Å². The molecular formula is C40H30BN. The van der Waals surface area contributed by atoms with Crippen LogP contribution in [0, 0.1) is 0 Å². The van der Waals surface area contributed by atoms with Crippen molar-refractivity contribution in [1.82, 2.24) is 0 Å². The Labute approximate surface area is 248 Å². The fraction of sp³-hybridized carbons (Fsp3) is 0. The molecule has 0 atom stereocenters. The van der Waals surface area contributed by atoms with Crippen molar-refractivity contribution in [3.8, 4) is 33.4 Å². The van der Waals surface area contributed by atoms with Crippen LogP contribution in [0.5, 0.6) is 0 Å². The Morgan fingerprint density at radius 2 is 0.786 bits per heavy atom. The largest absolute Gasteiger partial charge is 0.310 e. The molecule has 1 nitrogen and oxygen atoms in total. The lowest BCUT2D eigenvalue weighted by Gasteiger charge is -2.27. The molecule has 0 amide bonds. The maximum Gasteiger partial charge on any atom is 0.140 e. The molecule has 0 aliphatic heterocycles. The third-order valence-corrected chi connectivity index (χ3v) is 8.04. The fourth-order valence-electron chi connectivity index (χ4n) is 5.90. The Kier molecular flexibility index (Phi) is 6.88. The number of benzene rings is 7. The third-order valence-electron chi connectivity index (χ3n) is 8.04. The first-order valence-electron chi connectivity index (χ1n) is 14.5. The minimum atomic E-state index is 1.12. The van der Waals surface area contributed by atoms with E-state index in [0.29, 0.717) is 0 Å². The molecule has 0 fully saturated rings. The van der Waals surface area contributed by atoms with E-state index in [-0.39, 0.29) is 0 Å². The minimum Gasteiger partial charge on any atom is -0.310 e. The maximum absolute atomic E-state index is 2.38. The summed E-state index contributed by atoms with van der Waals surface area (Å²) in [4.78, 5) is 2.38. The van der Waals surface area contributed by atoms with Crippen molar-refractivity contribution in [1.29, 1.82) is 0 Å². The van der Waals surface area contributed by atoms with Gasteiger partial charge in [-0.2, -0.15) is 0 Å². The highest BCUT2D eigenvalue weighted by Crippen LogP contribution is 2.40. The van der Waals surface area contributed by atoms with Crippen LogP contribution in [0.4, 0.5) is 17.1 Å². The summed E-state index contributed by atoms with van der Waals surface area (Å²) in [6.45, 7) is 0. The highest BCUT2D eigenvalue weighted by atomic mass is 15.1. The van der Waals surface area contributed by atoms with Gasteiger partial charge in [0.05, 0.1) is 5.69 Å². The van der Waals surface area contributed by atoms with Crippen LogP contribution < -0.4 is 10.4 Å². The molecule has 0 saturated heterocycles. The number of fused-ring (bicyclic) bond motifs is 1. The second-order valence-corrected chi connectivity index (χ2v) is 10.7. The molecule has 7 aromatic carbocycles. The summed E-state index contributed by atoms with van der Waals surface area (Å²) in [6.07, 6.45) is 0. The van der Waals surface area contributed by atoms with Gasteiger partial charge in [0, 0.05) is 16.8 Å². The zero-order valence-electron chi connectivity index (χ0n) is 23.6. The molecule has 42 heavy (non-hydrogen) atoms. The summed E-state index contributed by atoms with van der Waals surface area (Å²) >= 11 is 0. The molecule has 0 aromatic heterocycles. The normalized spacial score (nSPS) is 11.0. The molecule has 0 aliphatic carbocycles. The van der Waals surface area contributed by atoms with Gasteiger partial charge in [-0.3, -0.25) is 0 Å². The average Bonchev–Trinajstić information content (AvgIpc) is 3.07. The smallest absolute Gasteiger partial charge is 0.140 e. The van der Waals surface area contributed by atoms with Crippen LogP contribution in [0.1, 0.15) is 0 Å². The first-order chi connectivity index (χ1) is 20.8. The van der Waals surface area contributed by atoms with Gasteiger partial charge in [-0.15, -0.1) is 0 Å². The van der Waals surface area contributed by atoms with E-state index in [1.54, 1.807) is 0 Å². The molecule has 0 radical (unpaired) electrons. The summed E-state index contributed by atoms with van der Waals surface area (Å²) in [7, 11) is 2.18. The summed E-state index contributed by atoms with van der Waals surface area (Å²) in [5.41, 5.74) is 12.0. The fourth-order valence-corrected chi connectivity index (χ4v) is 5.90. The molecule has 0 bridgehead atoms. The topological polar surface area (TPSA) is 3.24 Å². The van der Waals surface area contributed by atoms with E-state index in [9.17, 15) is 0 Å². The zero-order valence-corrected chi connectivity index (χ0v) is 23.6. The lowest BCUT2D eigenvalue weighted by molar-refractivity contribution is 1.30. The van der Waals surface area contributed by atoms with Gasteiger partial charge in [-0.1, -0.05) is 145 Å². The highest BCUT2D eigenvalue weighted by molar-refractivity contribution is 6.39. The monoisotopic (exact) mass is 535 g/mol.